The molecule has 2 rings (SSSR count). The molecule has 2 amide bonds. The number of carbonyl (C=O) groups is 1. The molecule has 1 heterocycles. The van der Waals surface area contributed by atoms with Crippen LogP contribution in [0.3, 0.4) is 0 Å². The summed E-state index contributed by atoms with van der Waals surface area (Å²) in [7, 11) is 0. The summed E-state index contributed by atoms with van der Waals surface area (Å²) in [5.41, 5.74) is 0. The van der Waals surface area contributed by atoms with Crippen LogP contribution in [0.15, 0.2) is 0 Å². The zero-order valence-corrected chi connectivity index (χ0v) is 11.1. The first-order valence-corrected chi connectivity index (χ1v) is 6.93. The van der Waals surface area contributed by atoms with Crippen LogP contribution in [-0.2, 0) is 0 Å². The second-order valence-electron chi connectivity index (χ2n) is 5.18. The van der Waals surface area contributed by atoms with Gasteiger partial charge in [0.2, 0.25) is 0 Å². The molecule has 0 spiro atoms. The van der Waals surface area contributed by atoms with Gasteiger partial charge in [0.1, 0.15) is 0 Å². The van der Waals surface area contributed by atoms with Crippen molar-refractivity contribution in [3.8, 4) is 6.07 Å². The van der Waals surface area contributed by atoms with Crippen LogP contribution in [-0.4, -0.2) is 54.1 Å². The molecule has 1 unspecified atom stereocenters. The smallest absolute Gasteiger partial charge is 0.317 e. The van der Waals surface area contributed by atoms with Crippen molar-refractivity contribution in [1.29, 1.82) is 5.26 Å². The summed E-state index contributed by atoms with van der Waals surface area (Å²) in [6.07, 6.45) is 4.20. The van der Waals surface area contributed by atoms with Crippen LogP contribution in [0.4, 0.5) is 4.79 Å². The number of urea groups is 1. The van der Waals surface area contributed by atoms with Crippen LogP contribution >= 0.6 is 0 Å². The normalized spacial score (nSPS) is 22.3. The molecule has 0 radical (unpaired) electrons. The fraction of sp³-hybridized carbons (Fsp3) is 0.846. The average Bonchev–Trinajstić information content (AvgIpc) is 3.20. The van der Waals surface area contributed by atoms with E-state index in [1.807, 2.05) is 4.90 Å². The Labute approximate surface area is 109 Å². The summed E-state index contributed by atoms with van der Waals surface area (Å²) in [6.45, 7) is 5.21. The van der Waals surface area contributed by atoms with Crippen LogP contribution in [0.2, 0.25) is 0 Å². The first-order valence-electron chi connectivity index (χ1n) is 6.93. The van der Waals surface area contributed by atoms with Crippen molar-refractivity contribution in [2.75, 3.05) is 26.2 Å². The van der Waals surface area contributed by atoms with Crippen molar-refractivity contribution in [2.24, 2.45) is 0 Å². The van der Waals surface area contributed by atoms with Crippen molar-refractivity contribution in [3.05, 3.63) is 0 Å². The Balaban J connectivity index is 1.76. The second-order valence-corrected chi connectivity index (χ2v) is 5.18. The standard InChI is InChI=1S/C13H22N4O/c1-2-3-12(10-14)16-6-8-17(9-7-16)13(18)15-11-4-5-11/h11-12H,2-9H2,1H3,(H,15,18). The Morgan fingerprint density at radius 3 is 2.56 bits per heavy atom. The Kier molecular flexibility index (Phi) is 4.43. The maximum atomic E-state index is 11.9. The quantitative estimate of drug-likeness (QED) is 0.814. The molecule has 100 valence electrons. The van der Waals surface area contributed by atoms with E-state index in [0.29, 0.717) is 6.04 Å². The molecule has 1 aliphatic carbocycles. The summed E-state index contributed by atoms with van der Waals surface area (Å²) < 4.78 is 0. The van der Waals surface area contributed by atoms with Gasteiger partial charge in [-0.3, -0.25) is 4.90 Å². The van der Waals surface area contributed by atoms with Gasteiger partial charge in [-0.25, -0.2) is 4.79 Å². The van der Waals surface area contributed by atoms with E-state index in [-0.39, 0.29) is 12.1 Å². The highest BCUT2D eigenvalue weighted by Gasteiger charge is 2.29. The third-order valence-electron chi connectivity index (χ3n) is 3.66. The fourth-order valence-electron chi connectivity index (χ4n) is 2.33. The topological polar surface area (TPSA) is 59.4 Å². The van der Waals surface area contributed by atoms with Crippen LogP contribution in [0, 0.1) is 11.3 Å². The summed E-state index contributed by atoms with van der Waals surface area (Å²) in [5.74, 6) is 0. The number of rotatable bonds is 4. The maximum Gasteiger partial charge on any atom is 0.317 e. The second kappa shape index (κ2) is 6.05. The molecule has 0 aromatic carbocycles. The van der Waals surface area contributed by atoms with E-state index >= 15 is 0 Å². The van der Waals surface area contributed by atoms with E-state index in [2.05, 4.69) is 23.2 Å². The van der Waals surface area contributed by atoms with Gasteiger partial charge in [0.25, 0.3) is 0 Å². The maximum absolute atomic E-state index is 11.9. The van der Waals surface area contributed by atoms with E-state index in [1.54, 1.807) is 0 Å². The summed E-state index contributed by atoms with van der Waals surface area (Å²) in [5, 5.41) is 12.1. The lowest BCUT2D eigenvalue weighted by molar-refractivity contribution is 0.121. The first-order chi connectivity index (χ1) is 8.74. The number of nitriles is 1. The first kappa shape index (κ1) is 13.2. The number of nitrogens with one attached hydrogen (secondary N) is 1. The Morgan fingerprint density at radius 2 is 2.06 bits per heavy atom. The lowest BCUT2D eigenvalue weighted by Gasteiger charge is -2.36. The number of carbonyl (C=O) groups excluding carboxylic acids is 1. The van der Waals surface area contributed by atoms with Gasteiger partial charge in [-0.05, 0) is 19.3 Å². The third kappa shape index (κ3) is 3.36. The van der Waals surface area contributed by atoms with E-state index in [0.717, 1.165) is 51.9 Å². The van der Waals surface area contributed by atoms with Gasteiger partial charge in [-0.15, -0.1) is 0 Å². The molecule has 1 saturated heterocycles. The minimum atomic E-state index is 0.0173. The van der Waals surface area contributed by atoms with Gasteiger partial charge < -0.3 is 10.2 Å². The predicted molar refractivity (Wildman–Crippen MR) is 69.0 cm³/mol. The monoisotopic (exact) mass is 250 g/mol. The van der Waals surface area contributed by atoms with Crippen LogP contribution in [0.25, 0.3) is 0 Å². The Hall–Kier alpha value is -1.28. The minimum absolute atomic E-state index is 0.0173. The lowest BCUT2D eigenvalue weighted by atomic mass is 10.1. The van der Waals surface area contributed by atoms with Gasteiger partial charge in [-0.1, -0.05) is 13.3 Å². The number of hydrogen-bond donors (Lipinski definition) is 1. The minimum Gasteiger partial charge on any atom is -0.335 e. The van der Waals surface area contributed by atoms with E-state index in [9.17, 15) is 4.79 Å². The molecule has 0 bridgehead atoms. The molecule has 1 N–H and O–H groups in total. The third-order valence-corrected chi connectivity index (χ3v) is 3.66. The number of hydrogen-bond acceptors (Lipinski definition) is 3. The van der Waals surface area contributed by atoms with Crippen molar-refractivity contribution in [1.82, 2.24) is 15.1 Å². The zero-order valence-electron chi connectivity index (χ0n) is 11.1. The van der Waals surface area contributed by atoms with Crippen molar-refractivity contribution in [2.45, 2.75) is 44.7 Å². The molecule has 2 aliphatic rings. The Morgan fingerprint density at radius 1 is 1.39 bits per heavy atom. The average molecular weight is 250 g/mol. The van der Waals surface area contributed by atoms with Crippen LogP contribution < -0.4 is 5.32 Å². The highest BCUT2D eigenvalue weighted by atomic mass is 16.2. The molecule has 1 saturated carbocycles. The molecule has 1 atom stereocenters. The zero-order chi connectivity index (χ0) is 13.0. The molecule has 0 aromatic heterocycles. The van der Waals surface area contributed by atoms with Gasteiger partial charge in [0.05, 0.1) is 12.1 Å². The van der Waals surface area contributed by atoms with Gasteiger partial charge >= 0.3 is 6.03 Å². The van der Waals surface area contributed by atoms with Crippen molar-refractivity contribution in [3.63, 3.8) is 0 Å². The molecule has 0 aromatic rings. The highest BCUT2D eigenvalue weighted by Crippen LogP contribution is 2.19. The highest BCUT2D eigenvalue weighted by molar-refractivity contribution is 5.75. The lowest BCUT2D eigenvalue weighted by Crippen LogP contribution is -2.54. The Bertz CT molecular complexity index is 326. The van der Waals surface area contributed by atoms with Gasteiger partial charge in [0.15, 0.2) is 0 Å². The number of nitrogens with zero attached hydrogens (tertiary/aromatic N) is 3. The van der Waals surface area contributed by atoms with Crippen LogP contribution in [0.1, 0.15) is 32.6 Å². The number of amides is 2. The van der Waals surface area contributed by atoms with E-state index in [4.69, 9.17) is 5.26 Å². The molecule has 1 aliphatic heterocycles. The van der Waals surface area contributed by atoms with Gasteiger partial charge in [0, 0.05) is 32.2 Å². The van der Waals surface area contributed by atoms with Gasteiger partial charge in [-0.2, -0.15) is 5.26 Å². The predicted octanol–water partition coefficient (Wildman–Crippen LogP) is 1.17. The largest absolute Gasteiger partial charge is 0.335 e. The molecule has 18 heavy (non-hydrogen) atoms. The molecule has 5 nitrogen and oxygen atoms in total. The van der Waals surface area contributed by atoms with Crippen molar-refractivity contribution >= 4 is 6.03 Å². The van der Waals surface area contributed by atoms with E-state index in [1.165, 1.54) is 0 Å². The summed E-state index contributed by atoms with van der Waals surface area (Å²) >= 11 is 0. The molecule has 2 fully saturated rings. The molecular weight excluding hydrogens is 228 g/mol. The number of piperazine rings is 1. The van der Waals surface area contributed by atoms with Crippen LogP contribution in [0.5, 0.6) is 0 Å². The SMILES string of the molecule is CCCC(C#N)N1CCN(C(=O)NC2CC2)CC1. The van der Waals surface area contributed by atoms with Crippen molar-refractivity contribution < 1.29 is 4.79 Å². The summed E-state index contributed by atoms with van der Waals surface area (Å²) in [4.78, 5) is 15.9. The summed E-state index contributed by atoms with van der Waals surface area (Å²) in [6, 6.07) is 2.87. The molecular formula is C13H22N4O. The van der Waals surface area contributed by atoms with E-state index < -0.39 is 0 Å². The molecule has 5 heteroatoms. The fourth-order valence-corrected chi connectivity index (χ4v) is 2.33.